The molecule has 14 heteroatoms. The average molecular weight is 572 g/mol. The zero-order valence-electron chi connectivity index (χ0n) is 20.9. The molecule has 37 heavy (non-hydrogen) atoms. The van der Waals surface area contributed by atoms with E-state index in [0.29, 0.717) is 19.4 Å². The summed E-state index contributed by atoms with van der Waals surface area (Å²) in [7, 11) is 3.35. The minimum atomic E-state index is -4.75. The third-order valence-corrected chi connectivity index (χ3v) is 7.38. The lowest BCUT2D eigenvalue weighted by atomic mass is 9.86. The van der Waals surface area contributed by atoms with Gasteiger partial charge in [0.25, 0.3) is 11.9 Å². The molecule has 8 nitrogen and oxygen atoms in total. The van der Waals surface area contributed by atoms with Crippen molar-refractivity contribution >= 4 is 35.2 Å². The number of likely N-dealkylation sites (tertiary alicyclic amines) is 1. The predicted molar refractivity (Wildman–Crippen MR) is 133 cm³/mol. The third-order valence-electron chi connectivity index (χ3n) is 5.86. The molecule has 2 rings (SSSR count). The van der Waals surface area contributed by atoms with Crippen LogP contribution in [0.25, 0.3) is 0 Å². The summed E-state index contributed by atoms with van der Waals surface area (Å²) in [6, 6.07) is 3.91. The minimum Gasteiger partial charge on any atom is -0.484 e. The van der Waals surface area contributed by atoms with E-state index in [0.717, 1.165) is 6.07 Å². The molecule has 1 aliphatic rings. The van der Waals surface area contributed by atoms with Gasteiger partial charge >= 0.3 is 6.36 Å². The summed E-state index contributed by atoms with van der Waals surface area (Å²) in [6.45, 7) is 4.44. The maximum absolute atomic E-state index is 13.6. The summed E-state index contributed by atoms with van der Waals surface area (Å²) in [4.78, 5) is 18.1. The summed E-state index contributed by atoms with van der Waals surface area (Å²) >= 11 is 7.13. The number of carbonyl (C=O) groups is 1. The fourth-order valence-electron chi connectivity index (χ4n) is 3.72. The van der Waals surface area contributed by atoms with Crippen LogP contribution in [0.1, 0.15) is 19.8 Å². The number of aliphatic imine (C=N–C) groups is 1. The molecule has 0 unspecified atom stereocenters. The van der Waals surface area contributed by atoms with Crippen LogP contribution in [0.15, 0.2) is 35.7 Å². The Hall–Kier alpha value is -2.22. The van der Waals surface area contributed by atoms with Gasteiger partial charge in [-0.05, 0) is 51.8 Å². The highest BCUT2D eigenvalue weighted by molar-refractivity contribution is 8.00. The lowest BCUT2D eigenvalue weighted by Crippen LogP contribution is -2.65. The Morgan fingerprint density at radius 3 is 2.59 bits per heavy atom. The molecule has 2 atom stereocenters. The average Bonchev–Trinajstić information content (AvgIpc) is 2.83. The molecule has 0 saturated carbocycles. The number of rotatable bonds is 11. The molecule has 0 spiro atoms. The number of likely N-dealkylation sites (N-methyl/N-ethyl adjacent to an activating group) is 1. The van der Waals surface area contributed by atoms with Crippen molar-refractivity contribution in [3.8, 4) is 5.75 Å². The summed E-state index contributed by atoms with van der Waals surface area (Å²) < 4.78 is 69.6. The van der Waals surface area contributed by atoms with Crippen LogP contribution in [-0.4, -0.2) is 80.2 Å². The molecule has 1 amide bonds. The molecule has 0 radical (unpaired) electrons. The van der Waals surface area contributed by atoms with Crippen LogP contribution in [0, 0.1) is 5.82 Å². The summed E-state index contributed by atoms with van der Waals surface area (Å²) in [6.07, 6.45) is -1.84. The Kier molecular flexibility index (Phi) is 10.9. The van der Waals surface area contributed by atoms with E-state index in [1.54, 1.807) is 0 Å². The molecule has 0 aliphatic carbocycles. The SMILES string of the molecule is C=C(OCCOC(F)(F)F)O/C(=N\C)[C@@]1(C)CC[C@](NC(=O)COc2ccc(Cl)c(F)c2)(SC)CN1C. The summed E-state index contributed by atoms with van der Waals surface area (Å²) in [5.74, 6) is -0.813. The van der Waals surface area contributed by atoms with Crippen LogP contribution in [0.3, 0.4) is 0 Å². The van der Waals surface area contributed by atoms with Crippen molar-refractivity contribution in [3.05, 3.63) is 41.6 Å². The largest absolute Gasteiger partial charge is 0.522 e. The predicted octanol–water partition coefficient (Wildman–Crippen LogP) is 4.59. The minimum absolute atomic E-state index is 0.0454. The number of piperidine rings is 1. The fourth-order valence-corrected chi connectivity index (χ4v) is 4.68. The number of alkyl halides is 3. The smallest absolute Gasteiger partial charge is 0.484 e. The van der Waals surface area contributed by atoms with E-state index in [9.17, 15) is 22.4 Å². The molecule has 1 N–H and O–H groups in total. The first-order valence-electron chi connectivity index (χ1n) is 11.1. The Morgan fingerprint density at radius 1 is 1.32 bits per heavy atom. The number of nitrogens with one attached hydrogen (secondary N) is 1. The highest BCUT2D eigenvalue weighted by atomic mass is 35.5. The first-order chi connectivity index (χ1) is 17.2. The van der Waals surface area contributed by atoms with Gasteiger partial charge in [-0.2, -0.15) is 0 Å². The Balaban J connectivity index is 1.95. The van der Waals surface area contributed by atoms with Crippen LogP contribution in [0.2, 0.25) is 5.02 Å². The van der Waals surface area contributed by atoms with E-state index in [2.05, 4.69) is 21.6 Å². The van der Waals surface area contributed by atoms with Gasteiger partial charge in [-0.3, -0.25) is 19.4 Å². The van der Waals surface area contributed by atoms with E-state index in [-0.39, 0.29) is 35.1 Å². The second kappa shape index (κ2) is 13.0. The number of nitrogens with zero attached hydrogens (tertiary/aromatic N) is 2. The first kappa shape index (κ1) is 31.0. The van der Waals surface area contributed by atoms with E-state index in [1.165, 1.54) is 30.9 Å². The normalized spacial score (nSPS) is 22.9. The third kappa shape index (κ3) is 8.94. The standard InChI is InChI=1S/C23H30ClF4N3O5S/c1-15(33-10-11-35-23(26,27)28)36-20(29-3)21(2)8-9-22(37-5,14-31(21)4)30-19(32)13-34-16-6-7-17(24)18(25)12-16/h6-7,12H,1,8-11,13-14H2,2-5H3,(H,30,32)/b29-20-/t21-,22+/m1/s1. The first-order valence-corrected chi connectivity index (χ1v) is 12.7. The lowest BCUT2D eigenvalue weighted by Gasteiger charge is -2.50. The molecule has 208 valence electrons. The fraction of sp³-hybridized carbons (Fsp3) is 0.565. The molecule has 0 bridgehead atoms. The number of benzene rings is 1. The van der Waals surface area contributed by atoms with Gasteiger partial charge in [-0.1, -0.05) is 11.6 Å². The molecule has 1 saturated heterocycles. The Bertz CT molecular complexity index is 1000. The molecular formula is C23H30ClF4N3O5S. The second-order valence-corrected chi connectivity index (χ2v) is 9.98. The van der Waals surface area contributed by atoms with E-state index in [1.807, 2.05) is 25.1 Å². The number of ether oxygens (including phenoxy) is 4. The quantitative estimate of drug-likeness (QED) is 0.104. The van der Waals surface area contributed by atoms with Crippen molar-refractivity contribution in [2.75, 3.05) is 46.7 Å². The van der Waals surface area contributed by atoms with Gasteiger partial charge in [-0.15, -0.1) is 24.9 Å². The highest BCUT2D eigenvalue weighted by Crippen LogP contribution is 2.39. The van der Waals surface area contributed by atoms with Gasteiger partial charge in [0.05, 0.1) is 22.0 Å². The molecule has 0 aromatic heterocycles. The highest BCUT2D eigenvalue weighted by Gasteiger charge is 2.48. The lowest BCUT2D eigenvalue weighted by molar-refractivity contribution is -0.326. The van der Waals surface area contributed by atoms with E-state index in [4.69, 9.17) is 25.8 Å². The van der Waals surface area contributed by atoms with Crippen molar-refractivity contribution in [1.29, 1.82) is 0 Å². The van der Waals surface area contributed by atoms with Crippen molar-refractivity contribution in [1.82, 2.24) is 10.2 Å². The summed E-state index contributed by atoms with van der Waals surface area (Å²) in [5.41, 5.74) is -0.717. The van der Waals surface area contributed by atoms with Gasteiger partial charge in [0, 0.05) is 19.7 Å². The Morgan fingerprint density at radius 2 is 2.03 bits per heavy atom. The number of carbonyl (C=O) groups excluding carboxylic acids is 1. The zero-order chi connectivity index (χ0) is 27.9. The number of hydrogen-bond donors (Lipinski definition) is 1. The maximum Gasteiger partial charge on any atom is 0.522 e. The van der Waals surface area contributed by atoms with Crippen molar-refractivity contribution in [3.63, 3.8) is 0 Å². The second-order valence-electron chi connectivity index (χ2n) is 8.39. The number of hydrogen-bond acceptors (Lipinski definition) is 8. The molecule has 1 fully saturated rings. The summed E-state index contributed by atoms with van der Waals surface area (Å²) in [5, 5.41) is 2.95. The van der Waals surface area contributed by atoms with Crippen molar-refractivity contribution in [2.24, 2.45) is 4.99 Å². The van der Waals surface area contributed by atoms with Crippen LogP contribution in [0.4, 0.5) is 17.6 Å². The van der Waals surface area contributed by atoms with E-state index >= 15 is 0 Å². The van der Waals surface area contributed by atoms with Crippen LogP contribution in [0.5, 0.6) is 5.75 Å². The molecule has 1 heterocycles. The van der Waals surface area contributed by atoms with E-state index < -0.39 is 35.8 Å². The number of amides is 1. The number of thioether (sulfide) groups is 1. The van der Waals surface area contributed by atoms with Gasteiger partial charge in [-0.25, -0.2) is 4.39 Å². The zero-order valence-corrected chi connectivity index (χ0v) is 22.5. The molecule has 1 aliphatic heterocycles. The van der Waals surface area contributed by atoms with Crippen molar-refractivity contribution in [2.45, 2.75) is 36.5 Å². The maximum atomic E-state index is 13.6. The topological polar surface area (TPSA) is 81.6 Å². The van der Waals surface area contributed by atoms with Gasteiger partial charge in [0.15, 0.2) is 6.61 Å². The molecule has 1 aromatic rings. The van der Waals surface area contributed by atoms with Crippen LogP contribution < -0.4 is 10.1 Å². The molecular weight excluding hydrogens is 542 g/mol. The van der Waals surface area contributed by atoms with Crippen LogP contribution >= 0.6 is 23.4 Å². The van der Waals surface area contributed by atoms with Gasteiger partial charge in [0.2, 0.25) is 5.90 Å². The number of halogens is 5. The monoisotopic (exact) mass is 571 g/mol. The Labute approximate surface area is 222 Å². The van der Waals surface area contributed by atoms with Crippen LogP contribution in [-0.2, 0) is 19.0 Å². The van der Waals surface area contributed by atoms with Gasteiger partial charge < -0.3 is 19.5 Å². The van der Waals surface area contributed by atoms with Crippen molar-refractivity contribution < 1.29 is 41.3 Å². The van der Waals surface area contributed by atoms with Gasteiger partial charge in [0.1, 0.15) is 18.2 Å². The molecule has 1 aromatic carbocycles.